The fourth-order valence-electron chi connectivity index (χ4n) is 2.88. The molecule has 1 fully saturated rings. The van der Waals surface area contributed by atoms with Gasteiger partial charge in [-0.2, -0.15) is 4.31 Å². The fourth-order valence-corrected chi connectivity index (χ4v) is 4.65. The summed E-state index contributed by atoms with van der Waals surface area (Å²) in [5.41, 5.74) is 1.03. The van der Waals surface area contributed by atoms with E-state index in [0.29, 0.717) is 19.4 Å². The monoisotopic (exact) mass is 309 g/mol. The molecule has 0 amide bonds. The van der Waals surface area contributed by atoms with Crippen molar-refractivity contribution < 1.29 is 13.2 Å². The number of Topliss-reactive ketones (excluding diaryl/α,β-unsaturated/α-hetero) is 1. The summed E-state index contributed by atoms with van der Waals surface area (Å²) in [6.07, 6.45) is 3.54. The number of sulfonamides is 1. The van der Waals surface area contributed by atoms with Crippen LogP contribution in [0.1, 0.15) is 38.2 Å². The second kappa shape index (κ2) is 7.18. The highest BCUT2D eigenvalue weighted by molar-refractivity contribution is 7.89. The van der Waals surface area contributed by atoms with Crippen LogP contribution >= 0.6 is 0 Å². The summed E-state index contributed by atoms with van der Waals surface area (Å²) in [6, 6.07) is 9.50. The summed E-state index contributed by atoms with van der Waals surface area (Å²) in [5.74, 6) is 0.177. The van der Waals surface area contributed by atoms with Crippen molar-refractivity contribution in [3.05, 3.63) is 35.9 Å². The van der Waals surface area contributed by atoms with E-state index >= 15 is 0 Å². The van der Waals surface area contributed by atoms with Crippen molar-refractivity contribution in [3.8, 4) is 0 Å². The van der Waals surface area contributed by atoms with E-state index in [-0.39, 0.29) is 17.6 Å². The van der Waals surface area contributed by atoms with Gasteiger partial charge >= 0.3 is 0 Å². The highest BCUT2D eigenvalue weighted by atomic mass is 32.2. The van der Waals surface area contributed by atoms with Crippen LogP contribution in [0.15, 0.2) is 30.3 Å². The lowest BCUT2D eigenvalue weighted by Gasteiger charge is -2.34. The van der Waals surface area contributed by atoms with Crippen LogP contribution in [-0.4, -0.2) is 36.8 Å². The Balaban J connectivity index is 2.04. The van der Waals surface area contributed by atoms with Crippen LogP contribution in [0.4, 0.5) is 0 Å². The Morgan fingerprint density at radius 1 is 1.24 bits per heavy atom. The molecule has 1 aliphatic rings. The van der Waals surface area contributed by atoms with Crippen molar-refractivity contribution in [1.82, 2.24) is 4.31 Å². The molecule has 0 bridgehead atoms. The summed E-state index contributed by atoms with van der Waals surface area (Å²) >= 11 is 0. The molecule has 1 aliphatic heterocycles. The molecule has 1 aromatic rings. The molecule has 116 valence electrons. The van der Waals surface area contributed by atoms with E-state index in [1.165, 1.54) is 6.92 Å². The first kappa shape index (κ1) is 16.2. The number of hydrogen-bond acceptors (Lipinski definition) is 3. The third-order valence-corrected chi connectivity index (χ3v) is 5.86. The van der Waals surface area contributed by atoms with Crippen molar-refractivity contribution in [3.63, 3.8) is 0 Å². The largest absolute Gasteiger partial charge is 0.300 e. The number of ketones is 1. The Bertz CT molecular complexity index is 568. The lowest BCUT2D eigenvalue weighted by Crippen LogP contribution is -2.45. The standard InChI is InChI=1S/C16H23NO3S/c1-14(18)13-16-9-5-6-11-17(16)21(19,20)12-10-15-7-3-2-4-8-15/h2-4,7-8,16H,5-6,9-13H2,1H3. The van der Waals surface area contributed by atoms with Crippen LogP contribution < -0.4 is 0 Å². The highest BCUT2D eigenvalue weighted by Gasteiger charge is 2.32. The van der Waals surface area contributed by atoms with Crippen molar-refractivity contribution in [2.75, 3.05) is 12.3 Å². The van der Waals surface area contributed by atoms with Crippen LogP contribution in [-0.2, 0) is 21.2 Å². The van der Waals surface area contributed by atoms with Gasteiger partial charge in [-0.05, 0) is 31.7 Å². The number of nitrogens with zero attached hydrogens (tertiary/aromatic N) is 1. The Labute approximate surface area is 127 Å². The lowest BCUT2D eigenvalue weighted by atomic mass is 10.0. The molecule has 5 heteroatoms. The molecular formula is C16H23NO3S. The zero-order valence-electron chi connectivity index (χ0n) is 12.5. The van der Waals surface area contributed by atoms with Gasteiger partial charge in [0.1, 0.15) is 5.78 Å². The van der Waals surface area contributed by atoms with E-state index in [1.54, 1.807) is 4.31 Å². The van der Waals surface area contributed by atoms with Crippen molar-refractivity contribution in [2.24, 2.45) is 0 Å². The summed E-state index contributed by atoms with van der Waals surface area (Å²) in [4.78, 5) is 11.3. The minimum Gasteiger partial charge on any atom is -0.300 e. The average Bonchev–Trinajstić information content (AvgIpc) is 2.46. The van der Waals surface area contributed by atoms with Crippen LogP contribution in [0, 0.1) is 0 Å². The van der Waals surface area contributed by atoms with Gasteiger partial charge in [0.05, 0.1) is 5.75 Å². The molecule has 0 N–H and O–H groups in total. The fraction of sp³-hybridized carbons (Fsp3) is 0.562. The van der Waals surface area contributed by atoms with Crippen LogP contribution in [0.5, 0.6) is 0 Å². The molecule has 1 unspecified atom stereocenters. The number of carbonyl (C=O) groups excluding carboxylic acids is 1. The quantitative estimate of drug-likeness (QED) is 0.811. The van der Waals surface area contributed by atoms with Gasteiger partial charge in [0, 0.05) is 19.0 Å². The van der Waals surface area contributed by atoms with Gasteiger partial charge in [-0.3, -0.25) is 4.79 Å². The van der Waals surface area contributed by atoms with Crippen LogP contribution in [0.3, 0.4) is 0 Å². The Morgan fingerprint density at radius 2 is 1.95 bits per heavy atom. The molecular weight excluding hydrogens is 286 g/mol. The van der Waals surface area contributed by atoms with Crippen molar-refractivity contribution in [1.29, 1.82) is 0 Å². The molecule has 2 rings (SSSR count). The van der Waals surface area contributed by atoms with Gasteiger partial charge in [0.2, 0.25) is 10.0 Å². The van der Waals surface area contributed by atoms with Gasteiger partial charge in [-0.25, -0.2) is 8.42 Å². The SMILES string of the molecule is CC(=O)CC1CCCCN1S(=O)(=O)CCc1ccccc1. The molecule has 0 radical (unpaired) electrons. The van der Waals surface area contributed by atoms with Gasteiger partial charge in [0.25, 0.3) is 0 Å². The van der Waals surface area contributed by atoms with Gasteiger partial charge in [-0.15, -0.1) is 0 Å². The number of carbonyl (C=O) groups is 1. The maximum absolute atomic E-state index is 12.6. The zero-order valence-corrected chi connectivity index (χ0v) is 13.3. The number of piperidine rings is 1. The average molecular weight is 309 g/mol. The molecule has 4 nitrogen and oxygen atoms in total. The Hall–Kier alpha value is -1.20. The third kappa shape index (κ3) is 4.64. The Kier molecular flexibility index (Phi) is 5.53. The second-order valence-electron chi connectivity index (χ2n) is 5.72. The molecule has 0 spiro atoms. The van der Waals surface area contributed by atoms with E-state index in [4.69, 9.17) is 0 Å². The van der Waals surface area contributed by atoms with Gasteiger partial charge in [0.15, 0.2) is 0 Å². The smallest absolute Gasteiger partial charge is 0.214 e. The number of aryl methyl sites for hydroxylation is 1. The highest BCUT2D eigenvalue weighted by Crippen LogP contribution is 2.23. The molecule has 0 saturated carbocycles. The predicted molar refractivity (Wildman–Crippen MR) is 83.6 cm³/mol. The topological polar surface area (TPSA) is 54.5 Å². The van der Waals surface area contributed by atoms with E-state index < -0.39 is 10.0 Å². The van der Waals surface area contributed by atoms with Gasteiger partial charge in [-0.1, -0.05) is 36.8 Å². The predicted octanol–water partition coefficient (Wildman–Crippen LogP) is 2.39. The normalized spacial score (nSPS) is 20.3. The second-order valence-corrected chi connectivity index (χ2v) is 7.76. The minimum atomic E-state index is -3.30. The van der Waals surface area contributed by atoms with Crippen LogP contribution in [0.2, 0.25) is 0 Å². The first-order chi connectivity index (χ1) is 9.99. The van der Waals surface area contributed by atoms with E-state index in [1.807, 2.05) is 30.3 Å². The zero-order chi connectivity index (χ0) is 15.3. The summed E-state index contributed by atoms with van der Waals surface area (Å²) < 4.78 is 26.7. The lowest BCUT2D eigenvalue weighted by molar-refractivity contribution is -0.118. The minimum absolute atomic E-state index is 0.0603. The molecule has 21 heavy (non-hydrogen) atoms. The molecule has 1 saturated heterocycles. The number of hydrogen-bond donors (Lipinski definition) is 0. The van der Waals surface area contributed by atoms with Crippen LogP contribution in [0.25, 0.3) is 0 Å². The maximum atomic E-state index is 12.6. The van der Waals surface area contributed by atoms with E-state index in [9.17, 15) is 13.2 Å². The van der Waals surface area contributed by atoms with Gasteiger partial charge < -0.3 is 0 Å². The summed E-state index contributed by atoms with van der Waals surface area (Å²) in [7, 11) is -3.30. The third-order valence-electron chi connectivity index (χ3n) is 3.95. The molecule has 1 heterocycles. The van der Waals surface area contributed by atoms with Crippen molar-refractivity contribution in [2.45, 2.75) is 45.1 Å². The first-order valence-electron chi connectivity index (χ1n) is 7.52. The van der Waals surface area contributed by atoms with Crippen molar-refractivity contribution >= 4 is 15.8 Å². The number of benzene rings is 1. The first-order valence-corrected chi connectivity index (χ1v) is 9.13. The molecule has 1 atom stereocenters. The number of rotatable bonds is 6. The molecule has 0 aromatic heterocycles. The molecule has 1 aromatic carbocycles. The summed E-state index contributed by atoms with van der Waals surface area (Å²) in [5, 5.41) is 0. The van der Waals surface area contributed by atoms with E-state index in [0.717, 1.165) is 24.8 Å². The van der Waals surface area contributed by atoms with E-state index in [2.05, 4.69) is 0 Å². The Morgan fingerprint density at radius 3 is 2.62 bits per heavy atom. The summed E-state index contributed by atoms with van der Waals surface area (Å²) in [6.45, 7) is 2.08. The molecule has 0 aliphatic carbocycles. The maximum Gasteiger partial charge on any atom is 0.214 e.